The van der Waals surface area contributed by atoms with Crippen LogP contribution in [0.2, 0.25) is 0 Å². The van der Waals surface area contributed by atoms with Gasteiger partial charge in [0.2, 0.25) is 0 Å². The largest absolute Gasteiger partial charge is 0.244 e. The van der Waals surface area contributed by atoms with Crippen LogP contribution >= 0.6 is 0 Å². The monoisotopic (exact) mass is 316 g/mol. The maximum absolute atomic E-state index is 14.7. The van der Waals surface area contributed by atoms with Crippen LogP contribution in [0.25, 0.3) is 0 Å². The Morgan fingerprint density at radius 1 is 0.636 bits per heavy atom. The summed E-state index contributed by atoms with van der Waals surface area (Å²) in [6.45, 7) is 13.0. The number of hydrogen-bond acceptors (Lipinski definition) is 0. The predicted octanol–water partition coefficient (Wildman–Crippen LogP) is 6.83. The first-order valence-corrected chi connectivity index (χ1v) is 9.52. The molecule has 0 aliphatic heterocycles. The number of hydrogen-bond donors (Lipinski definition) is 0. The zero-order valence-electron chi connectivity index (χ0n) is 15.6. The fraction of sp³-hybridized carbons (Fsp3) is 1.00. The third-order valence-corrected chi connectivity index (χ3v) is 5.82. The minimum atomic E-state index is -1.25. The van der Waals surface area contributed by atoms with Gasteiger partial charge in [0.25, 0.3) is 0 Å². The Bertz CT molecular complexity index is 270. The van der Waals surface area contributed by atoms with Crippen LogP contribution < -0.4 is 0 Å². The minimum Gasteiger partial charge on any atom is -0.244 e. The van der Waals surface area contributed by atoms with Gasteiger partial charge in [-0.1, -0.05) is 67.2 Å². The van der Waals surface area contributed by atoms with E-state index in [1.165, 1.54) is 0 Å². The van der Waals surface area contributed by atoms with Crippen molar-refractivity contribution in [2.24, 2.45) is 35.5 Å². The van der Waals surface area contributed by atoms with Crippen LogP contribution in [0.15, 0.2) is 0 Å². The summed E-state index contributed by atoms with van der Waals surface area (Å²) >= 11 is 0. The van der Waals surface area contributed by atoms with E-state index >= 15 is 0 Å². The number of rotatable bonds is 8. The Balaban J connectivity index is 2.53. The minimum absolute atomic E-state index is 0.0673. The fourth-order valence-electron chi connectivity index (χ4n) is 3.99. The molecular formula is C20H38F2. The standard InChI is InChI=1S/C20H38F2/c1-13(2)7-9-15(5)17-11-12-18(20(22)19(17)21)16(6)10-8-14(3)4/h13-20H,7-12H2,1-6H3. The van der Waals surface area contributed by atoms with Crippen molar-refractivity contribution >= 4 is 0 Å². The van der Waals surface area contributed by atoms with Crippen molar-refractivity contribution in [2.75, 3.05) is 0 Å². The van der Waals surface area contributed by atoms with Gasteiger partial charge in [-0.15, -0.1) is 0 Å². The second kappa shape index (κ2) is 9.23. The van der Waals surface area contributed by atoms with Crippen LogP contribution in [0.1, 0.15) is 80.1 Å². The molecule has 0 nitrogen and oxygen atoms in total. The first kappa shape index (κ1) is 19.9. The third-order valence-electron chi connectivity index (χ3n) is 5.82. The maximum Gasteiger partial charge on any atom is 0.134 e. The van der Waals surface area contributed by atoms with Gasteiger partial charge in [-0.3, -0.25) is 0 Å². The van der Waals surface area contributed by atoms with E-state index in [4.69, 9.17) is 0 Å². The van der Waals surface area contributed by atoms with Gasteiger partial charge in [-0.25, -0.2) is 8.78 Å². The summed E-state index contributed by atoms with van der Waals surface area (Å²) in [4.78, 5) is 0. The lowest BCUT2D eigenvalue weighted by Gasteiger charge is -2.40. The Labute approximate surface area is 137 Å². The molecule has 0 amide bonds. The van der Waals surface area contributed by atoms with E-state index in [2.05, 4.69) is 41.5 Å². The summed E-state index contributed by atoms with van der Waals surface area (Å²) in [5, 5.41) is 0. The van der Waals surface area contributed by atoms with Gasteiger partial charge >= 0.3 is 0 Å². The van der Waals surface area contributed by atoms with Crippen LogP contribution in [0.4, 0.5) is 8.78 Å². The van der Waals surface area contributed by atoms with Crippen LogP contribution in [0, 0.1) is 35.5 Å². The smallest absolute Gasteiger partial charge is 0.134 e. The molecule has 0 spiro atoms. The highest BCUT2D eigenvalue weighted by Gasteiger charge is 2.43. The molecule has 1 aliphatic rings. The summed E-state index contributed by atoms with van der Waals surface area (Å²) < 4.78 is 29.3. The van der Waals surface area contributed by atoms with Gasteiger partial charge in [0.05, 0.1) is 0 Å². The van der Waals surface area contributed by atoms with E-state index in [0.29, 0.717) is 23.7 Å². The molecule has 1 saturated carbocycles. The molecule has 0 aromatic carbocycles. The summed E-state index contributed by atoms with van der Waals surface area (Å²) in [6, 6.07) is 0. The second-order valence-electron chi connectivity index (χ2n) is 8.69. The predicted molar refractivity (Wildman–Crippen MR) is 92.5 cm³/mol. The molecule has 0 saturated heterocycles. The van der Waals surface area contributed by atoms with E-state index in [1.54, 1.807) is 0 Å². The van der Waals surface area contributed by atoms with Gasteiger partial charge in [0, 0.05) is 0 Å². The summed E-state index contributed by atoms with van der Waals surface area (Å²) in [6.07, 6.45) is 3.55. The van der Waals surface area contributed by atoms with E-state index < -0.39 is 12.3 Å². The molecule has 6 atom stereocenters. The summed E-state index contributed by atoms with van der Waals surface area (Å²) in [5.74, 6) is 1.78. The molecule has 0 bridgehead atoms. The first-order chi connectivity index (χ1) is 10.2. The van der Waals surface area contributed by atoms with Crippen molar-refractivity contribution in [1.82, 2.24) is 0 Å². The molecule has 1 fully saturated rings. The number of alkyl halides is 2. The van der Waals surface area contributed by atoms with E-state index in [0.717, 1.165) is 38.5 Å². The van der Waals surface area contributed by atoms with Crippen LogP contribution in [0.3, 0.4) is 0 Å². The molecular weight excluding hydrogens is 278 g/mol. The molecule has 1 aliphatic carbocycles. The Morgan fingerprint density at radius 3 is 1.23 bits per heavy atom. The molecule has 2 heteroatoms. The molecule has 0 radical (unpaired) electrons. The van der Waals surface area contributed by atoms with Crippen LogP contribution in [0.5, 0.6) is 0 Å². The maximum atomic E-state index is 14.7. The SMILES string of the molecule is CC(C)CCC(C)C1CCC(C(C)CCC(C)C)C(F)C1F. The van der Waals surface area contributed by atoms with Crippen molar-refractivity contribution in [1.29, 1.82) is 0 Å². The highest BCUT2D eigenvalue weighted by molar-refractivity contribution is 4.92. The van der Waals surface area contributed by atoms with Gasteiger partial charge in [0.1, 0.15) is 12.3 Å². The normalized spacial score (nSPS) is 32.5. The molecule has 0 aromatic rings. The lowest BCUT2D eigenvalue weighted by atomic mass is 9.68. The molecule has 0 aromatic heterocycles. The Kier molecular flexibility index (Phi) is 8.35. The summed E-state index contributed by atoms with van der Waals surface area (Å²) in [7, 11) is 0. The lowest BCUT2D eigenvalue weighted by molar-refractivity contribution is -0.0193. The van der Waals surface area contributed by atoms with Crippen molar-refractivity contribution < 1.29 is 8.78 Å². The molecule has 1 rings (SSSR count). The third kappa shape index (κ3) is 5.81. The van der Waals surface area contributed by atoms with Gasteiger partial charge in [0.15, 0.2) is 0 Å². The van der Waals surface area contributed by atoms with Gasteiger partial charge in [-0.05, 0) is 48.3 Å². The average molecular weight is 317 g/mol. The van der Waals surface area contributed by atoms with Crippen molar-refractivity contribution in [3.8, 4) is 0 Å². The van der Waals surface area contributed by atoms with Crippen LogP contribution in [-0.2, 0) is 0 Å². The fourth-order valence-corrected chi connectivity index (χ4v) is 3.99. The average Bonchev–Trinajstić information content (AvgIpc) is 2.44. The highest BCUT2D eigenvalue weighted by Crippen LogP contribution is 2.43. The Hall–Kier alpha value is -0.140. The van der Waals surface area contributed by atoms with E-state index in [9.17, 15) is 8.78 Å². The molecule has 0 heterocycles. The zero-order valence-corrected chi connectivity index (χ0v) is 15.6. The lowest BCUT2D eigenvalue weighted by Crippen LogP contribution is -2.43. The number of halogens is 2. The first-order valence-electron chi connectivity index (χ1n) is 9.52. The molecule has 132 valence electrons. The second-order valence-corrected chi connectivity index (χ2v) is 8.69. The summed E-state index contributed by atoms with van der Waals surface area (Å²) in [5.41, 5.74) is 0. The van der Waals surface area contributed by atoms with Crippen molar-refractivity contribution in [3.05, 3.63) is 0 Å². The zero-order chi connectivity index (χ0) is 16.9. The molecule has 6 unspecified atom stereocenters. The van der Waals surface area contributed by atoms with E-state index in [-0.39, 0.29) is 11.8 Å². The molecule has 22 heavy (non-hydrogen) atoms. The van der Waals surface area contributed by atoms with E-state index in [1.807, 2.05) is 0 Å². The highest BCUT2D eigenvalue weighted by atomic mass is 19.2. The van der Waals surface area contributed by atoms with Crippen molar-refractivity contribution in [3.63, 3.8) is 0 Å². The molecule has 0 N–H and O–H groups in total. The van der Waals surface area contributed by atoms with Gasteiger partial charge in [-0.2, -0.15) is 0 Å². The Morgan fingerprint density at radius 2 is 0.955 bits per heavy atom. The van der Waals surface area contributed by atoms with Crippen LogP contribution in [-0.4, -0.2) is 12.3 Å². The quantitative estimate of drug-likeness (QED) is 0.460. The van der Waals surface area contributed by atoms with Gasteiger partial charge < -0.3 is 0 Å². The topological polar surface area (TPSA) is 0 Å². The van der Waals surface area contributed by atoms with Crippen molar-refractivity contribution in [2.45, 2.75) is 92.4 Å².